The lowest BCUT2D eigenvalue weighted by Gasteiger charge is -2.23. The summed E-state index contributed by atoms with van der Waals surface area (Å²) < 4.78 is 7.19. The van der Waals surface area contributed by atoms with Crippen molar-refractivity contribution in [2.75, 3.05) is 5.32 Å². The van der Waals surface area contributed by atoms with Gasteiger partial charge in [0.1, 0.15) is 5.60 Å². The Hall–Kier alpha value is -1.89. The van der Waals surface area contributed by atoms with Gasteiger partial charge in [0.15, 0.2) is 0 Å². The summed E-state index contributed by atoms with van der Waals surface area (Å²) in [4.78, 5) is 21.8. The lowest BCUT2D eigenvalue weighted by atomic mass is 9.98. The van der Waals surface area contributed by atoms with Crippen LogP contribution in [0.4, 0.5) is 15.3 Å². The van der Waals surface area contributed by atoms with Gasteiger partial charge in [0.25, 0.3) is 0 Å². The summed E-state index contributed by atoms with van der Waals surface area (Å²) in [6.45, 7) is 3.62. The third-order valence-electron chi connectivity index (χ3n) is 2.71. The van der Waals surface area contributed by atoms with Crippen LogP contribution in [-0.4, -0.2) is 17.7 Å². The van der Waals surface area contributed by atoms with Gasteiger partial charge >= 0.3 is 12.1 Å². The maximum absolute atomic E-state index is 11.1. The van der Waals surface area contributed by atoms with Crippen molar-refractivity contribution in [1.82, 2.24) is 4.72 Å². The normalized spacial score (nSPS) is 10.8. The predicted molar refractivity (Wildman–Crippen MR) is 80.7 cm³/mol. The number of nitrogens with two attached hydrogens (primary N) is 1. The van der Waals surface area contributed by atoms with Crippen LogP contribution in [0.1, 0.15) is 25.8 Å². The predicted octanol–water partition coefficient (Wildman–Crippen LogP) is 2.46. The van der Waals surface area contributed by atoms with Gasteiger partial charge < -0.3 is 15.8 Å². The molecule has 4 N–H and O–H groups in total. The molecule has 0 saturated carbocycles. The molecule has 0 aliphatic rings. The number of carbonyl (C=O) groups excluding carboxylic acids is 2. The van der Waals surface area contributed by atoms with Crippen LogP contribution in [0, 0.1) is 0 Å². The van der Waals surface area contributed by atoms with E-state index in [1.165, 1.54) is 0 Å². The fourth-order valence-electron chi connectivity index (χ4n) is 1.68. The van der Waals surface area contributed by atoms with E-state index in [2.05, 4.69) is 22.9 Å². The minimum absolute atomic E-state index is 0.392. The number of benzene rings is 1. The van der Waals surface area contributed by atoms with Crippen LogP contribution in [0.15, 0.2) is 24.3 Å². The summed E-state index contributed by atoms with van der Waals surface area (Å²) in [5.41, 5.74) is 6.16. The molecule has 6 nitrogen and oxygen atoms in total. The smallest absolute Gasteiger partial charge is 0.405 e. The highest BCUT2D eigenvalue weighted by Gasteiger charge is 2.21. The van der Waals surface area contributed by atoms with E-state index < -0.39 is 17.7 Å². The average molecular weight is 297 g/mol. The van der Waals surface area contributed by atoms with Gasteiger partial charge in [-0.1, -0.05) is 24.9 Å². The highest BCUT2D eigenvalue weighted by Crippen LogP contribution is 2.19. The first-order valence-electron chi connectivity index (χ1n) is 6.11. The zero-order valence-corrected chi connectivity index (χ0v) is 12.4. The van der Waals surface area contributed by atoms with Crippen LogP contribution in [0.2, 0.25) is 0 Å². The van der Waals surface area contributed by atoms with Crippen molar-refractivity contribution in [3.05, 3.63) is 29.8 Å². The van der Waals surface area contributed by atoms with Gasteiger partial charge in [0.05, 0.1) is 0 Å². The molecule has 20 heavy (non-hydrogen) atoms. The zero-order valence-electron chi connectivity index (χ0n) is 11.5. The molecular weight excluding hydrogens is 278 g/mol. The maximum Gasteiger partial charge on any atom is 0.405 e. The highest BCUT2D eigenvalue weighted by atomic mass is 32.1. The van der Waals surface area contributed by atoms with Crippen LogP contribution in [0.5, 0.6) is 0 Å². The number of carbonyl (C=O) groups is 2. The Morgan fingerprint density at radius 3 is 2.40 bits per heavy atom. The Morgan fingerprint density at radius 2 is 1.90 bits per heavy atom. The molecule has 0 spiro atoms. The van der Waals surface area contributed by atoms with Crippen LogP contribution in [0.25, 0.3) is 0 Å². The summed E-state index contributed by atoms with van der Waals surface area (Å²) >= 11 is 3.64. The van der Waals surface area contributed by atoms with Crippen molar-refractivity contribution in [2.45, 2.75) is 32.3 Å². The number of hydrogen-bond acceptors (Lipinski definition) is 4. The van der Waals surface area contributed by atoms with E-state index in [-0.39, 0.29) is 0 Å². The van der Waals surface area contributed by atoms with Gasteiger partial charge in [-0.25, -0.2) is 9.59 Å². The largest absolute Gasteiger partial charge is 0.444 e. The third kappa shape index (κ3) is 5.83. The Labute approximate surface area is 123 Å². The molecule has 0 unspecified atom stereocenters. The second-order valence-corrected chi connectivity index (χ2v) is 5.17. The number of rotatable bonds is 5. The van der Waals surface area contributed by atoms with E-state index in [0.717, 1.165) is 12.0 Å². The molecule has 0 heterocycles. The van der Waals surface area contributed by atoms with Gasteiger partial charge in [-0.2, -0.15) is 0 Å². The number of hydrogen-bond donors (Lipinski definition) is 4. The minimum Gasteiger partial charge on any atom is -0.444 e. The summed E-state index contributed by atoms with van der Waals surface area (Å²) in [5.74, 6) is 0. The summed E-state index contributed by atoms with van der Waals surface area (Å²) in [6.07, 6.45) is 0.617. The van der Waals surface area contributed by atoms with Gasteiger partial charge in [0, 0.05) is 5.69 Å². The molecule has 1 rings (SSSR count). The lowest BCUT2D eigenvalue weighted by molar-refractivity contribution is 0.0394. The van der Waals surface area contributed by atoms with Crippen molar-refractivity contribution in [3.63, 3.8) is 0 Å². The van der Waals surface area contributed by atoms with E-state index in [1.54, 1.807) is 12.1 Å². The Morgan fingerprint density at radius 1 is 1.30 bits per heavy atom. The van der Waals surface area contributed by atoms with E-state index in [4.69, 9.17) is 10.5 Å². The molecule has 0 saturated heterocycles. The summed E-state index contributed by atoms with van der Waals surface area (Å²) in [6, 6.07) is 6.99. The number of amides is 3. The van der Waals surface area contributed by atoms with Crippen LogP contribution in [0.3, 0.4) is 0 Å². The highest BCUT2D eigenvalue weighted by molar-refractivity contribution is 7.78. The van der Waals surface area contributed by atoms with Crippen molar-refractivity contribution >= 4 is 30.6 Å². The van der Waals surface area contributed by atoms with E-state index in [0.29, 0.717) is 12.1 Å². The van der Waals surface area contributed by atoms with Crippen LogP contribution in [-0.2, 0) is 11.2 Å². The molecule has 0 aromatic heterocycles. The molecule has 0 aliphatic carbocycles. The Kier molecular flexibility index (Phi) is 5.69. The number of aryl methyl sites for hydroxylation is 1. The number of nitrogens with one attached hydrogen (secondary N) is 2. The monoisotopic (exact) mass is 297 g/mol. The number of primary amides is 1. The minimum atomic E-state index is -0.771. The first kappa shape index (κ1) is 16.2. The van der Waals surface area contributed by atoms with E-state index >= 15 is 0 Å². The van der Waals surface area contributed by atoms with Gasteiger partial charge in [0.2, 0.25) is 0 Å². The van der Waals surface area contributed by atoms with Crippen LogP contribution >= 0.6 is 12.8 Å². The summed E-state index contributed by atoms with van der Waals surface area (Å²) in [7, 11) is 0. The molecule has 0 bridgehead atoms. The SMILES string of the molecule is CC(C)(CCc1ccc(NC(=O)NS)cc1)OC(N)=O. The second-order valence-electron chi connectivity index (χ2n) is 4.94. The first-order valence-corrected chi connectivity index (χ1v) is 6.55. The fourth-order valence-corrected chi connectivity index (χ4v) is 1.74. The zero-order chi connectivity index (χ0) is 15.2. The molecule has 0 fully saturated rings. The number of urea groups is 1. The van der Waals surface area contributed by atoms with Crippen molar-refractivity contribution < 1.29 is 14.3 Å². The van der Waals surface area contributed by atoms with Gasteiger partial charge in [-0.05, 0) is 44.4 Å². The van der Waals surface area contributed by atoms with E-state index in [1.807, 2.05) is 26.0 Å². The van der Waals surface area contributed by atoms with Crippen molar-refractivity contribution in [1.29, 1.82) is 0 Å². The van der Waals surface area contributed by atoms with Crippen molar-refractivity contribution in [3.8, 4) is 0 Å². The number of ether oxygens (including phenoxy) is 1. The molecule has 0 atom stereocenters. The fraction of sp³-hybridized carbons (Fsp3) is 0.385. The number of thiol groups is 1. The Balaban J connectivity index is 2.53. The molecule has 7 heteroatoms. The molecule has 0 aliphatic heterocycles. The number of anilines is 1. The Bertz CT molecular complexity index is 474. The molecule has 3 amide bonds. The molecule has 0 radical (unpaired) electrons. The first-order chi connectivity index (χ1) is 9.32. The van der Waals surface area contributed by atoms with Gasteiger partial charge in [-0.3, -0.25) is 4.72 Å². The standard InChI is InChI=1S/C13H19N3O3S/c1-13(2,19-11(14)17)8-7-9-3-5-10(6-4-9)15-12(18)16-20/h3-6,20H,7-8H2,1-2H3,(H2,14,17)(H2,15,16,18). The van der Waals surface area contributed by atoms with Crippen LogP contribution < -0.4 is 15.8 Å². The second kappa shape index (κ2) is 7.04. The topological polar surface area (TPSA) is 93.4 Å². The average Bonchev–Trinajstić information content (AvgIpc) is 2.36. The third-order valence-corrected chi connectivity index (χ3v) is 2.91. The molecule has 1 aromatic carbocycles. The quantitative estimate of drug-likeness (QED) is 0.629. The molecule has 110 valence electrons. The maximum atomic E-state index is 11.1. The molecular formula is C13H19N3O3S. The summed E-state index contributed by atoms with van der Waals surface area (Å²) in [5, 5.41) is 2.60. The van der Waals surface area contributed by atoms with E-state index in [9.17, 15) is 9.59 Å². The lowest BCUT2D eigenvalue weighted by Crippen LogP contribution is -2.31. The molecule has 1 aromatic rings. The van der Waals surface area contributed by atoms with Gasteiger partial charge in [-0.15, -0.1) is 0 Å². The van der Waals surface area contributed by atoms with Crippen molar-refractivity contribution in [2.24, 2.45) is 5.73 Å².